The maximum Gasteiger partial charge on any atom is 0.290 e. The summed E-state index contributed by atoms with van der Waals surface area (Å²) >= 11 is 0. The van der Waals surface area contributed by atoms with Crippen molar-refractivity contribution in [3.8, 4) is 0 Å². The summed E-state index contributed by atoms with van der Waals surface area (Å²) in [6.07, 6.45) is 27.2. The van der Waals surface area contributed by atoms with Crippen LogP contribution in [0.1, 0.15) is 127 Å². The third-order valence-electron chi connectivity index (χ3n) is 13.4. The lowest BCUT2D eigenvalue weighted by molar-refractivity contribution is -0.00852. The summed E-state index contributed by atoms with van der Waals surface area (Å²) in [6, 6.07) is 2.82. The molecule has 11 rings (SSSR count). The van der Waals surface area contributed by atoms with Crippen LogP contribution in [0.2, 0.25) is 11.6 Å². The lowest BCUT2D eigenvalue weighted by atomic mass is 9.34. The van der Waals surface area contributed by atoms with Crippen molar-refractivity contribution in [2.45, 2.75) is 138 Å². The summed E-state index contributed by atoms with van der Waals surface area (Å²) in [6.45, 7) is 0.744. The number of hydrogen-bond acceptors (Lipinski definition) is 1. The van der Waals surface area contributed by atoms with Crippen LogP contribution in [0.25, 0.3) is 0 Å². The lowest BCUT2D eigenvalue weighted by Crippen LogP contribution is -2.51. The number of nitrogens with zero attached hydrogens (tertiary/aromatic N) is 2. The Labute approximate surface area is 207 Å². The van der Waals surface area contributed by atoms with Crippen molar-refractivity contribution in [3.63, 3.8) is 0 Å². The fourth-order valence-electron chi connectivity index (χ4n) is 13.2. The number of aromatic nitrogens is 2. The largest absolute Gasteiger partial charge is 0.313 e. The van der Waals surface area contributed by atoms with E-state index in [4.69, 9.17) is 5.10 Å². The minimum atomic E-state index is 0.459. The maximum atomic E-state index is 5.88. The van der Waals surface area contributed by atoms with Gasteiger partial charge in [-0.25, -0.2) is 0 Å². The van der Waals surface area contributed by atoms with Gasteiger partial charge in [-0.05, 0) is 130 Å². The Morgan fingerprint density at radius 3 is 1.47 bits per heavy atom. The smallest absolute Gasteiger partial charge is 0.290 e. The first-order valence-corrected chi connectivity index (χ1v) is 15.8. The van der Waals surface area contributed by atoms with Crippen LogP contribution in [-0.4, -0.2) is 16.5 Å². The van der Waals surface area contributed by atoms with Crippen molar-refractivity contribution in [1.82, 2.24) is 9.69 Å². The summed E-state index contributed by atoms with van der Waals surface area (Å²) < 4.78 is 2.84. The molecule has 2 nitrogen and oxygen atoms in total. The fraction of sp³-hybridized carbons (Fsp3) is 0.903. The molecule has 1 aromatic rings. The number of hydrogen-bond donors (Lipinski definition) is 0. The van der Waals surface area contributed by atoms with Crippen LogP contribution in [0.5, 0.6) is 0 Å². The van der Waals surface area contributed by atoms with Gasteiger partial charge in [0.15, 0.2) is 0 Å². The van der Waals surface area contributed by atoms with Gasteiger partial charge in [0.05, 0.1) is 5.69 Å². The molecule has 0 amide bonds. The van der Waals surface area contributed by atoms with Crippen molar-refractivity contribution in [3.05, 3.63) is 17.5 Å². The van der Waals surface area contributed by atoms with Crippen molar-refractivity contribution in [2.24, 2.45) is 35.5 Å². The fourth-order valence-corrected chi connectivity index (χ4v) is 13.2. The molecule has 2 saturated heterocycles. The third-order valence-corrected chi connectivity index (χ3v) is 13.4. The van der Waals surface area contributed by atoms with Gasteiger partial charge in [0.25, 0.3) is 6.85 Å². The lowest BCUT2D eigenvalue weighted by Gasteiger charge is -2.57. The van der Waals surface area contributed by atoms with Gasteiger partial charge in [0.1, 0.15) is 0 Å². The quantitative estimate of drug-likeness (QED) is 0.425. The van der Waals surface area contributed by atoms with E-state index in [1.807, 2.05) is 0 Å². The van der Waals surface area contributed by atoms with E-state index >= 15 is 0 Å². The van der Waals surface area contributed by atoms with Gasteiger partial charge in [-0.3, -0.25) is 0 Å². The predicted octanol–water partition coefficient (Wildman–Crippen LogP) is 7.77. The van der Waals surface area contributed by atoms with E-state index in [9.17, 15) is 0 Å². The van der Waals surface area contributed by atoms with E-state index in [0.29, 0.717) is 10.8 Å². The Morgan fingerprint density at radius 1 is 0.618 bits per heavy atom. The molecule has 10 bridgehead atoms. The van der Waals surface area contributed by atoms with Crippen LogP contribution in [0.3, 0.4) is 0 Å². The van der Waals surface area contributed by atoms with Gasteiger partial charge < -0.3 is 4.59 Å². The van der Waals surface area contributed by atoms with E-state index in [2.05, 4.69) is 10.7 Å². The molecule has 0 spiro atoms. The molecule has 8 aliphatic carbocycles. The summed E-state index contributed by atoms with van der Waals surface area (Å²) in [4.78, 5) is 0. The van der Waals surface area contributed by atoms with Crippen LogP contribution in [0.15, 0.2) is 6.07 Å². The van der Waals surface area contributed by atoms with E-state index in [1.54, 1.807) is 49.9 Å². The Hall–Kier alpha value is -0.725. The molecule has 3 heterocycles. The number of fused-ring (bicyclic) bond motifs is 2. The minimum Gasteiger partial charge on any atom is -0.313 e. The van der Waals surface area contributed by atoms with Crippen LogP contribution in [-0.2, 0) is 10.8 Å². The first-order valence-electron chi connectivity index (χ1n) is 15.8. The standard InChI is InChI=1S/C31H45BN2/c1-3-26-5-2-6-27(4-1)32(26)34-29(31-17-23-10-24(18-31)12-25(11-23)19-31)13-28(33-34)30-14-20-7-21(15-30)9-22(8-20)16-30/h13,20-27H,1-12,14-19H2. The van der Waals surface area contributed by atoms with Gasteiger partial charge in [-0.15, -0.1) is 0 Å². The van der Waals surface area contributed by atoms with E-state index in [-0.39, 0.29) is 0 Å². The highest BCUT2D eigenvalue weighted by Gasteiger charge is 2.57. The van der Waals surface area contributed by atoms with E-state index < -0.39 is 0 Å². The molecular weight excluding hydrogens is 411 g/mol. The average Bonchev–Trinajstić information content (AvgIpc) is 3.24. The molecule has 0 unspecified atom stereocenters. The Balaban J connectivity index is 1.19. The molecule has 3 heteroatoms. The SMILES string of the molecule is c1c(C23CC4CC(CC(C4)C2)C3)nn(B2C3CCCC2CCC3)c1C12CC3CC(CC(C3)C1)C2. The Bertz CT molecular complexity index is 899. The zero-order chi connectivity index (χ0) is 22.1. The van der Waals surface area contributed by atoms with E-state index in [1.165, 1.54) is 77.0 Å². The topological polar surface area (TPSA) is 17.8 Å². The monoisotopic (exact) mass is 456 g/mol. The van der Waals surface area contributed by atoms with Gasteiger partial charge >= 0.3 is 0 Å². The van der Waals surface area contributed by atoms with Crippen LogP contribution >= 0.6 is 0 Å². The molecular formula is C31H45BN2. The van der Waals surface area contributed by atoms with Gasteiger partial charge in [0.2, 0.25) is 0 Å². The zero-order valence-electron chi connectivity index (χ0n) is 21.4. The summed E-state index contributed by atoms with van der Waals surface area (Å²) in [5, 5.41) is 5.88. The van der Waals surface area contributed by atoms with Gasteiger partial charge in [0, 0.05) is 16.5 Å². The second-order valence-corrected chi connectivity index (χ2v) is 15.6. The van der Waals surface area contributed by atoms with Crippen molar-refractivity contribution < 1.29 is 0 Å². The maximum absolute atomic E-state index is 5.88. The molecule has 0 atom stereocenters. The molecule has 0 radical (unpaired) electrons. The molecule has 1 aromatic heterocycles. The summed E-state index contributed by atoms with van der Waals surface area (Å²) in [5.41, 5.74) is 4.36. The second kappa shape index (κ2) is 6.98. The average molecular weight is 457 g/mol. The first kappa shape index (κ1) is 20.3. The summed E-state index contributed by atoms with van der Waals surface area (Å²) in [5.74, 6) is 8.00. The van der Waals surface area contributed by atoms with Crippen LogP contribution < -0.4 is 0 Å². The van der Waals surface area contributed by atoms with Crippen molar-refractivity contribution in [2.75, 3.05) is 0 Å². The minimum absolute atomic E-state index is 0.459. The molecule has 0 N–H and O–H groups in total. The van der Waals surface area contributed by atoms with Crippen LogP contribution in [0, 0.1) is 35.5 Å². The molecule has 8 saturated carbocycles. The molecule has 34 heavy (non-hydrogen) atoms. The first-order chi connectivity index (χ1) is 16.6. The predicted molar refractivity (Wildman–Crippen MR) is 138 cm³/mol. The van der Waals surface area contributed by atoms with Gasteiger partial charge in [-0.2, -0.15) is 5.10 Å². The highest BCUT2D eigenvalue weighted by molar-refractivity contribution is 6.60. The zero-order valence-corrected chi connectivity index (χ0v) is 21.4. The normalized spacial score (nSPS) is 52.5. The second-order valence-electron chi connectivity index (χ2n) is 15.6. The summed E-state index contributed by atoms with van der Waals surface area (Å²) in [7, 11) is 0. The highest BCUT2D eigenvalue weighted by atomic mass is 15.3. The van der Waals surface area contributed by atoms with Crippen molar-refractivity contribution >= 4 is 6.85 Å². The van der Waals surface area contributed by atoms with Crippen LogP contribution in [0.4, 0.5) is 0 Å². The van der Waals surface area contributed by atoms with Crippen molar-refractivity contribution in [1.29, 1.82) is 0 Å². The molecule has 10 fully saturated rings. The molecule has 10 aliphatic rings. The molecule has 182 valence electrons. The molecule has 0 aromatic carbocycles. The Kier molecular flexibility index (Phi) is 4.17. The number of rotatable bonds is 3. The Morgan fingerprint density at radius 2 is 1.03 bits per heavy atom. The van der Waals surface area contributed by atoms with E-state index in [0.717, 1.165) is 54.0 Å². The molecule has 2 aliphatic heterocycles. The van der Waals surface area contributed by atoms with Gasteiger partial charge in [-0.1, -0.05) is 38.5 Å². The third kappa shape index (κ3) is 2.79. The highest BCUT2D eigenvalue weighted by Crippen LogP contribution is 2.64.